The van der Waals surface area contributed by atoms with Gasteiger partial charge in [0, 0.05) is 39.0 Å². The summed E-state index contributed by atoms with van der Waals surface area (Å²) in [5, 5.41) is 6.36. The van der Waals surface area contributed by atoms with Crippen molar-refractivity contribution in [2.24, 2.45) is 0 Å². The van der Waals surface area contributed by atoms with Crippen LogP contribution in [0.25, 0.3) is 0 Å². The first-order chi connectivity index (χ1) is 10.2. The smallest absolute Gasteiger partial charge is 0.239 e. The Morgan fingerprint density at radius 2 is 2.14 bits per heavy atom. The number of anilines is 1. The van der Waals surface area contributed by atoms with Crippen LogP contribution in [0.3, 0.4) is 0 Å². The molecule has 0 heterocycles. The molecule has 0 unspecified atom stereocenters. The maximum absolute atomic E-state index is 11.9. The second kappa shape index (κ2) is 8.00. The lowest BCUT2D eigenvalue weighted by atomic mass is 10.1. The van der Waals surface area contributed by atoms with Crippen molar-refractivity contribution in [3.8, 4) is 0 Å². The van der Waals surface area contributed by atoms with Crippen molar-refractivity contribution in [2.45, 2.75) is 25.4 Å². The zero-order chi connectivity index (χ0) is 15.1. The van der Waals surface area contributed by atoms with Crippen molar-refractivity contribution < 1.29 is 9.53 Å². The summed E-state index contributed by atoms with van der Waals surface area (Å²) in [7, 11) is 3.66. The van der Waals surface area contributed by atoms with Crippen LogP contribution in [0.15, 0.2) is 24.3 Å². The van der Waals surface area contributed by atoms with Gasteiger partial charge in [-0.05, 0) is 24.5 Å². The number of para-hydroxylation sites is 1. The number of carbonyl (C=O) groups excluding carboxylic acids is 1. The van der Waals surface area contributed by atoms with Gasteiger partial charge < -0.3 is 20.3 Å². The third-order valence-electron chi connectivity index (χ3n) is 3.52. The van der Waals surface area contributed by atoms with Crippen LogP contribution in [0.2, 0.25) is 0 Å². The molecule has 2 rings (SSSR count). The second-order valence-electron chi connectivity index (χ2n) is 5.50. The van der Waals surface area contributed by atoms with Gasteiger partial charge in [-0.25, -0.2) is 0 Å². The highest BCUT2D eigenvalue weighted by molar-refractivity contribution is 5.82. The minimum atomic E-state index is 0.0992. The lowest BCUT2D eigenvalue weighted by Gasteiger charge is -2.22. The molecule has 0 spiro atoms. The minimum absolute atomic E-state index is 0.0992. The first-order valence-corrected chi connectivity index (χ1v) is 7.48. The molecule has 21 heavy (non-hydrogen) atoms. The fraction of sp³-hybridized carbons (Fsp3) is 0.562. The third-order valence-corrected chi connectivity index (χ3v) is 3.52. The Labute approximate surface area is 126 Å². The molecule has 0 radical (unpaired) electrons. The van der Waals surface area contributed by atoms with Crippen molar-refractivity contribution in [1.29, 1.82) is 0 Å². The van der Waals surface area contributed by atoms with E-state index in [2.05, 4.69) is 22.8 Å². The zero-order valence-electron chi connectivity index (χ0n) is 12.9. The lowest BCUT2D eigenvalue weighted by Crippen LogP contribution is -2.36. The number of benzene rings is 1. The largest absolute Gasteiger partial charge is 0.383 e. The van der Waals surface area contributed by atoms with Crippen LogP contribution in [0.4, 0.5) is 5.69 Å². The van der Waals surface area contributed by atoms with E-state index in [1.54, 1.807) is 7.11 Å². The molecule has 1 aromatic rings. The van der Waals surface area contributed by atoms with Gasteiger partial charge in [-0.3, -0.25) is 4.79 Å². The third kappa shape index (κ3) is 5.36. The molecule has 1 aliphatic carbocycles. The number of ether oxygens (including phenoxy) is 1. The summed E-state index contributed by atoms with van der Waals surface area (Å²) in [6.45, 7) is 2.68. The Balaban J connectivity index is 1.88. The Morgan fingerprint density at radius 3 is 2.86 bits per heavy atom. The van der Waals surface area contributed by atoms with E-state index in [0.29, 0.717) is 19.2 Å². The Hall–Kier alpha value is -1.59. The molecule has 0 atom stereocenters. The second-order valence-corrected chi connectivity index (χ2v) is 5.50. The van der Waals surface area contributed by atoms with Gasteiger partial charge in [-0.15, -0.1) is 0 Å². The number of hydrogen-bond donors (Lipinski definition) is 2. The molecule has 1 amide bonds. The molecular formula is C16H25N3O2. The topological polar surface area (TPSA) is 53.6 Å². The summed E-state index contributed by atoms with van der Waals surface area (Å²) in [5.74, 6) is 0.0992. The average molecular weight is 291 g/mol. The first kappa shape index (κ1) is 15.8. The van der Waals surface area contributed by atoms with E-state index in [1.165, 1.54) is 5.56 Å². The van der Waals surface area contributed by atoms with E-state index in [9.17, 15) is 4.79 Å². The summed E-state index contributed by atoms with van der Waals surface area (Å²) in [6, 6.07) is 8.58. The summed E-state index contributed by atoms with van der Waals surface area (Å²) in [5.41, 5.74) is 2.28. The van der Waals surface area contributed by atoms with Crippen LogP contribution >= 0.6 is 0 Å². The quantitative estimate of drug-likeness (QED) is 0.670. The van der Waals surface area contributed by atoms with Gasteiger partial charge in [0.05, 0.1) is 13.2 Å². The lowest BCUT2D eigenvalue weighted by molar-refractivity contribution is -0.119. The molecule has 1 saturated carbocycles. The van der Waals surface area contributed by atoms with E-state index in [-0.39, 0.29) is 5.91 Å². The van der Waals surface area contributed by atoms with Gasteiger partial charge in [-0.1, -0.05) is 18.2 Å². The Bertz CT molecular complexity index is 461. The number of nitrogens with one attached hydrogen (secondary N) is 2. The SMILES string of the molecule is COCCNCc1ccccc1N(C)CC(=O)NC1CC1. The van der Waals surface area contributed by atoms with Crippen molar-refractivity contribution >= 4 is 11.6 Å². The van der Waals surface area contributed by atoms with Crippen molar-refractivity contribution in [2.75, 3.05) is 38.8 Å². The van der Waals surface area contributed by atoms with E-state index in [1.807, 2.05) is 24.1 Å². The Kier molecular flexibility index (Phi) is 6.02. The number of hydrogen-bond acceptors (Lipinski definition) is 4. The molecule has 0 aliphatic heterocycles. The zero-order valence-corrected chi connectivity index (χ0v) is 12.9. The summed E-state index contributed by atoms with van der Waals surface area (Å²) in [6.07, 6.45) is 2.24. The number of nitrogens with zero attached hydrogens (tertiary/aromatic N) is 1. The van der Waals surface area contributed by atoms with Gasteiger partial charge in [0.1, 0.15) is 0 Å². The molecule has 5 nitrogen and oxygen atoms in total. The monoisotopic (exact) mass is 291 g/mol. The standard InChI is InChI=1S/C16H25N3O2/c1-19(12-16(20)18-14-7-8-14)15-6-4-3-5-13(15)11-17-9-10-21-2/h3-6,14,17H,7-12H2,1-2H3,(H,18,20). The molecule has 2 N–H and O–H groups in total. The van der Waals surface area contributed by atoms with Crippen molar-refractivity contribution in [1.82, 2.24) is 10.6 Å². The van der Waals surface area contributed by atoms with Gasteiger partial charge >= 0.3 is 0 Å². The predicted octanol–water partition coefficient (Wildman–Crippen LogP) is 1.14. The molecule has 1 aliphatic rings. The maximum atomic E-state index is 11.9. The molecule has 116 valence electrons. The van der Waals surface area contributed by atoms with Crippen LogP contribution in [-0.4, -0.2) is 45.8 Å². The number of likely N-dealkylation sites (N-methyl/N-ethyl adjacent to an activating group) is 1. The fourth-order valence-electron chi connectivity index (χ4n) is 2.23. The van der Waals surface area contributed by atoms with Crippen LogP contribution in [0.1, 0.15) is 18.4 Å². The number of carbonyl (C=O) groups is 1. The van der Waals surface area contributed by atoms with Gasteiger partial charge in [0.2, 0.25) is 5.91 Å². The summed E-state index contributed by atoms with van der Waals surface area (Å²) in [4.78, 5) is 13.9. The number of amides is 1. The fourth-order valence-corrected chi connectivity index (χ4v) is 2.23. The number of methoxy groups -OCH3 is 1. The molecule has 5 heteroatoms. The number of rotatable bonds is 9. The van der Waals surface area contributed by atoms with Crippen LogP contribution in [-0.2, 0) is 16.1 Å². The van der Waals surface area contributed by atoms with Crippen molar-refractivity contribution in [3.05, 3.63) is 29.8 Å². The van der Waals surface area contributed by atoms with E-state index in [4.69, 9.17) is 4.74 Å². The van der Waals surface area contributed by atoms with E-state index in [0.717, 1.165) is 31.6 Å². The molecule has 1 aromatic carbocycles. The average Bonchev–Trinajstić information content (AvgIpc) is 3.27. The highest BCUT2D eigenvalue weighted by Crippen LogP contribution is 2.20. The van der Waals surface area contributed by atoms with Crippen LogP contribution in [0, 0.1) is 0 Å². The Morgan fingerprint density at radius 1 is 1.38 bits per heavy atom. The summed E-state index contributed by atoms with van der Waals surface area (Å²) < 4.78 is 5.03. The summed E-state index contributed by atoms with van der Waals surface area (Å²) >= 11 is 0. The highest BCUT2D eigenvalue weighted by atomic mass is 16.5. The van der Waals surface area contributed by atoms with Crippen LogP contribution < -0.4 is 15.5 Å². The van der Waals surface area contributed by atoms with Crippen LogP contribution in [0.5, 0.6) is 0 Å². The van der Waals surface area contributed by atoms with Gasteiger partial charge in [0.15, 0.2) is 0 Å². The maximum Gasteiger partial charge on any atom is 0.239 e. The normalized spacial score (nSPS) is 14.0. The van der Waals surface area contributed by atoms with E-state index < -0.39 is 0 Å². The highest BCUT2D eigenvalue weighted by Gasteiger charge is 2.23. The minimum Gasteiger partial charge on any atom is -0.383 e. The molecular weight excluding hydrogens is 266 g/mol. The molecule has 0 saturated heterocycles. The molecule has 1 fully saturated rings. The van der Waals surface area contributed by atoms with Gasteiger partial charge in [0.25, 0.3) is 0 Å². The first-order valence-electron chi connectivity index (χ1n) is 7.48. The van der Waals surface area contributed by atoms with Crippen molar-refractivity contribution in [3.63, 3.8) is 0 Å². The molecule has 0 bridgehead atoms. The van der Waals surface area contributed by atoms with E-state index >= 15 is 0 Å². The predicted molar refractivity (Wildman–Crippen MR) is 84.5 cm³/mol. The molecule has 0 aromatic heterocycles. The van der Waals surface area contributed by atoms with Gasteiger partial charge in [-0.2, -0.15) is 0 Å².